The maximum atomic E-state index is 5.64. The number of fused-ring (bicyclic) bond motifs is 1. The number of hydrogen-bond acceptors (Lipinski definition) is 4. The van der Waals surface area contributed by atoms with E-state index >= 15 is 0 Å². The van der Waals surface area contributed by atoms with E-state index in [0.717, 1.165) is 55.0 Å². The number of anilines is 1. The third kappa shape index (κ3) is 4.82. The van der Waals surface area contributed by atoms with Crippen molar-refractivity contribution >= 4 is 29.1 Å². The number of rotatable bonds is 4. The van der Waals surface area contributed by atoms with Crippen molar-refractivity contribution in [2.24, 2.45) is 0 Å². The van der Waals surface area contributed by atoms with E-state index in [0.29, 0.717) is 13.2 Å². The topological polar surface area (TPSA) is 37.0 Å². The van der Waals surface area contributed by atoms with Crippen LogP contribution in [0, 0.1) is 0 Å². The molecule has 0 bridgehead atoms. The highest BCUT2D eigenvalue weighted by atomic mass is 32.1. The van der Waals surface area contributed by atoms with Gasteiger partial charge in [-0.2, -0.15) is 0 Å². The van der Waals surface area contributed by atoms with Gasteiger partial charge in [0, 0.05) is 44.5 Å². The van der Waals surface area contributed by atoms with E-state index in [1.54, 1.807) is 0 Å². The molecule has 0 atom stereocenters. The molecule has 0 saturated carbocycles. The highest BCUT2D eigenvalue weighted by Crippen LogP contribution is 2.32. The number of benzene rings is 2. The summed E-state index contributed by atoms with van der Waals surface area (Å²) in [5, 5.41) is 4.09. The molecular formula is C22H25N3O2S. The van der Waals surface area contributed by atoms with E-state index in [1.165, 1.54) is 5.56 Å². The molecule has 2 aromatic carbocycles. The van der Waals surface area contributed by atoms with Crippen molar-refractivity contribution < 1.29 is 9.47 Å². The Morgan fingerprint density at radius 3 is 2.50 bits per heavy atom. The average Bonchev–Trinajstić information content (AvgIpc) is 2.75. The molecule has 2 heterocycles. The number of ether oxygens (including phenoxy) is 2. The molecule has 28 heavy (non-hydrogen) atoms. The molecule has 0 aliphatic carbocycles. The lowest BCUT2D eigenvalue weighted by Gasteiger charge is -2.35. The van der Waals surface area contributed by atoms with Gasteiger partial charge in [-0.15, -0.1) is 0 Å². The fraction of sp³-hybridized carbons (Fsp3) is 0.318. The molecule has 2 aliphatic rings. The molecule has 5 nitrogen and oxygen atoms in total. The van der Waals surface area contributed by atoms with Crippen LogP contribution >= 0.6 is 12.2 Å². The maximum absolute atomic E-state index is 5.64. The van der Waals surface area contributed by atoms with Gasteiger partial charge in [0.1, 0.15) is 13.2 Å². The maximum Gasteiger partial charge on any atom is 0.173 e. The average molecular weight is 396 g/mol. The van der Waals surface area contributed by atoms with Crippen LogP contribution in [0.25, 0.3) is 6.08 Å². The molecule has 2 aliphatic heterocycles. The minimum atomic E-state index is 0.585. The van der Waals surface area contributed by atoms with Gasteiger partial charge in [-0.05, 0) is 29.9 Å². The minimum absolute atomic E-state index is 0.585. The number of thiocarbonyl (C=S) groups is 1. The van der Waals surface area contributed by atoms with Crippen LogP contribution in [0.4, 0.5) is 5.69 Å². The smallest absolute Gasteiger partial charge is 0.173 e. The van der Waals surface area contributed by atoms with Gasteiger partial charge in [0.2, 0.25) is 0 Å². The van der Waals surface area contributed by atoms with Crippen molar-refractivity contribution in [1.82, 2.24) is 9.80 Å². The number of nitrogens with one attached hydrogen (secondary N) is 1. The molecule has 1 fully saturated rings. The molecule has 2 aromatic rings. The standard InChI is InChI=1S/C22H25N3O2S/c28-22(23-19-8-9-20-21(17-19)27-16-15-26-20)25-13-11-24(12-14-25)10-4-7-18-5-2-1-3-6-18/h1-9,17H,10-16H2,(H,23,28)/b7-4-. The van der Waals surface area contributed by atoms with Crippen LogP contribution in [0.5, 0.6) is 11.5 Å². The normalized spacial score (nSPS) is 16.9. The highest BCUT2D eigenvalue weighted by molar-refractivity contribution is 7.80. The van der Waals surface area contributed by atoms with Crippen molar-refractivity contribution in [3.8, 4) is 11.5 Å². The monoisotopic (exact) mass is 395 g/mol. The third-order valence-corrected chi connectivity index (χ3v) is 5.29. The van der Waals surface area contributed by atoms with Crippen molar-refractivity contribution in [1.29, 1.82) is 0 Å². The second-order valence-electron chi connectivity index (χ2n) is 6.89. The first kappa shape index (κ1) is 18.8. The van der Waals surface area contributed by atoms with E-state index in [1.807, 2.05) is 24.3 Å². The fourth-order valence-corrected chi connectivity index (χ4v) is 3.66. The van der Waals surface area contributed by atoms with Gasteiger partial charge < -0.3 is 19.7 Å². The van der Waals surface area contributed by atoms with Gasteiger partial charge >= 0.3 is 0 Å². The van der Waals surface area contributed by atoms with Gasteiger partial charge in [0.05, 0.1) is 0 Å². The fourth-order valence-electron chi connectivity index (χ4n) is 3.36. The Kier molecular flexibility index (Phi) is 6.09. The van der Waals surface area contributed by atoms with Crippen LogP contribution in [0.2, 0.25) is 0 Å². The Hall–Kier alpha value is -2.57. The van der Waals surface area contributed by atoms with Crippen LogP contribution < -0.4 is 14.8 Å². The van der Waals surface area contributed by atoms with E-state index in [4.69, 9.17) is 21.7 Å². The molecule has 0 spiro atoms. The molecule has 146 valence electrons. The molecule has 1 saturated heterocycles. The lowest BCUT2D eigenvalue weighted by Crippen LogP contribution is -2.49. The van der Waals surface area contributed by atoms with E-state index in [-0.39, 0.29) is 0 Å². The van der Waals surface area contributed by atoms with Crippen molar-refractivity contribution in [3.05, 3.63) is 60.2 Å². The van der Waals surface area contributed by atoms with Gasteiger partial charge in [0.15, 0.2) is 16.6 Å². The minimum Gasteiger partial charge on any atom is -0.486 e. The molecule has 0 aromatic heterocycles. The molecule has 6 heteroatoms. The Labute approximate surface area is 171 Å². The summed E-state index contributed by atoms with van der Waals surface area (Å²) in [6, 6.07) is 16.3. The summed E-state index contributed by atoms with van der Waals surface area (Å²) in [6.07, 6.45) is 4.41. The zero-order chi connectivity index (χ0) is 19.2. The van der Waals surface area contributed by atoms with Crippen LogP contribution in [-0.4, -0.2) is 60.8 Å². The van der Waals surface area contributed by atoms with Crippen molar-refractivity contribution in [2.75, 3.05) is 51.3 Å². The van der Waals surface area contributed by atoms with Gasteiger partial charge in [-0.3, -0.25) is 4.90 Å². The van der Waals surface area contributed by atoms with Crippen molar-refractivity contribution in [3.63, 3.8) is 0 Å². The Bertz CT molecular complexity index is 833. The summed E-state index contributed by atoms with van der Waals surface area (Å²) < 4.78 is 11.2. The van der Waals surface area contributed by atoms with Gasteiger partial charge in [-0.25, -0.2) is 0 Å². The lowest BCUT2D eigenvalue weighted by molar-refractivity contribution is 0.171. The number of piperazine rings is 1. The molecular weight excluding hydrogens is 370 g/mol. The predicted octanol–water partition coefficient (Wildman–Crippen LogP) is 3.49. The molecule has 0 radical (unpaired) electrons. The first-order chi connectivity index (χ1) is 13.8. The molecule has 1 N–H and O–H groups in total. The zero-order valence-corrected chi connectivity index (χ0v) is 16.7. The van der Waals surface area contributed by atoms with Crippen LogP contribution in [0.15, 0.2) is 54.6 Å². The summed E-state index contributed by atoms with van der Waals surface area (Å²) in [6.45, 7) is 6.00. The second-order valence-corrected chi connectivity index (χ2v) is 7.28. The van der Waals surface area contributed by atoms with Crippen molar-refractivity contribution in [2.45, 2.75) is 0 Å². The first-order valence-electron chi connectivity index (χ1n) is 9.67. The molecule has 0 unspecified atom stereocenters. The summed E-state index contributed by atoms with van der Waals surface area (Å²) in [4.78, 5) is 4.67. The highest BCUT2D eigenvalue weighted by Gasteiger charge is 2.19. The van der Waals surface area contributed by atoms with Gasteiger partial charge in [-0.1, -0.05) is 42.5 Å². The van der Waals surface area contributed by atoms with Crippen LogP contribution in [0.3, 0.4) is 0 Å². The summed E-state index contributed by atoms with van der Waals surface area (Å²) >= 11 is 5.61. The summed E-state index contributed by atoms with van der Waals surface area (Å²) in [7, 11) is 0. The quantitative estimate of drug-likeness (QED) is 0.799. The van der Waals surface area contributed by atoms with Crippen LogP contribution in [0.1, 0.15) is 5.56 Å². The number of hydrogen-bond donors (Lipinski definition) is 1. The first-order valence-corrected chi connectivity index (χ1v) is 10.1. The SMILES string of the molecule is S=C(Nc1ccc2c(c1)OCCO2)N1CCN(C/C=C\c2ccccc2)CC1. The van der Waals surface area contributed by atoms with Gasteiger partial charge in [0.25, 0.3) is 0 Å². The largest absolute Gasteiger partial charge is 0.486 e. The second kappa shape index (κ2) is 9.08. The summed E-state index contributed by atoms with van der Waals surface area (Å²) in [5.41, 5.74) is 2.17. The number of nitrogens with zero attached hydrogens (tertiary/aromatic N) is 2. The van der Waals surface area contributed by atoms with Crippen LogP contribution in [-0.2, 0) is 0 Å². The molecule has 4 rings (SSSR count). The van der Waals surface area contributed by atoms with E-state index in [2.05, 4.69) is 51.5 Å². The summed E-state index contributed by atoms with van der Waals surface area (Å²) in [5.74, 6) is 1.56. The Morgan fingerprint density at radius 1 is 0.964 bits per heavy atom. The van der Waals surface area contributed by atoms with E-state index < -0.39 is 0 Å². The third-order valence-electron chi connectivity index (χ3n) is 4.93. The van der Waals surface area contributed by atoms with E-state index in [9.17, 15) is 0 Å². The Morgan fingerprint density at radius 2 is 1.71 bits per heavy atom. The molecule has 0 amide bonds. The zero-order valence-electron chi connectivity index (χ0n) is 15.8. The Balaban J connectivity index is 1.24. The lowest BCUT2D eigenvalue weighted by atomic mass is 10.2. The predicted molar refractivity (Wildman–Crippen MR) is 117 cm³/mol.